The molecule has 0 aromatic heterocycles. The fourth-order valence-corrected chi connectivity index (χ4v) is 3.78. The van der Waals surface area contributed by atoms with Crippen molar-refractivity contribution in [1.29, 1.82) is 0 Å². The van der Waals surface area contributed by atoms with Crippen LogP contribution in [0.5, 0.6) is 11.5 Å². The first-order chi connectivity index (χ1) is 10.6. The number of carboxylic acids is 1. The molecule has 0 atom stereocenters. The Morgan fingerprint density at radius 3 is 2.59 bits per heavy atom. The van der Waals surface area contributed by atoms with Gasteiger partial charge in [-0.1, -0.05) is 12.8 Å². The number of rotatable bonds is 6. The van der Waals surface area contributed by atoms with E-state index >= 15 is 0 Å². The van der Waals surface area contributed by atoms with E-state index in [2.05, 4.69) is 15.9 Å². The SMILES string of the molecule is COc1cc(C2(C(=O)O)CCCC2)cc(Br)c1OCC1CC1. The van der Waals surface area contributed by atoms with Crippen LogP contribution in [0.1, 0.15) is 44.1 Å². The molecule has 0 unspecified atom stereocenters. The van der Waals surface area contributed by atoms with Gasteiger partial charge in [0.25, 0.3) is 0 Å². The van der Waals surface area contributed by atoms with Crippen molar-refractivity contribution in [3.05, 3.63) is 22.2 Å². The molecule has 2 aliphatic rings. The number of carboxylic acid groups (broad SMARTS) is 1. The molecule has 22 heavy (non-hydrogen) atoms. The van der Waals surface area contributed by atoms with Crippen LogP contribution in [-0.2, 0) is 10.2 Å². The first-order valence-electron chi connectivity index (χ1n) is 7.81. The van der Waals surface area contributed by atoms with Crippen LogP contribution in [0.3, 0.4) is 0 Å². The number of carbonyl (C=O) groups is 1. The summed E-state index contributed by atoms with van der Waals surface area (Å²) in [5.74, 6) is 1.19. The highest BCUT2D eigenvalue weighted by molar-refractivity contribution is 9.10. The Bertz CT molecular complexity index is 574. The van der Waals surface area contributed by atoms with E-state index in [1.54, 1.807) is 7.11 Å². The average molecular weight is 369 g/mol. The largest absolute Gasteiger partial charge is 0.493 e. The lowest BCUT2D eigenvalue weighted by atomic mass is 9.79. The van der Waals surface area contributed by atoms with E-state index in [1.165, 1.54) is 12.8 Å². The molecule has 0 radical (unpaired) electrons. The fraction of sp³-hybridized carbons (Fsp3) is 0.588. The van der Waals surface area contributed by atoms with E-state index in [9.17, 15) is 9.90 Å². The Morgan fingerprint density at radius 2 is 2.05 bits per heavy atom. The maximum atomic E-state index is 11.9. The number of aliphatic carboxylic acids is 1. The minimum absolute atomic E-state index is 0.609. The third kappa shape index (κ3) is 2.83. The topological polar surface area (TPSA) is 55.8 Å². The number of methoxy groups -OCH3 is 1. The normalized spacial score (nSPS) is 19.9. The lowest BCUT2D eigenvalue weighted by Crippen LogP contribution is -2.32. The molecule has 0 spiro atoms. The zero-order chi connectivity index (χ0) is 15.7. The molecule has 3 rings (SSSR count). The third-order valence-corrected chi connectivity index (χ3v) is 5.40. The molecule has 1 N–H and O–H groups in total. The van der Waals surface area contributed by atoms with E-state index < -0.39 is 11.4 Å². The van der Waals surface area contributed by atoms with Crippen molar-refractivity contribution in [3.8, 4) is 11.5 Å². The molecule has 2 fully saturated rings. The van der Waals surface area contributed by atoms with Gasteiger partial charge in [-0.05, 0) is 65.2 Å². The zero-order valence-corrected chi connectivity index (χ0v) is 14.3. The Hall–Kier alpha value is -1.23. The predicted octanol–water partition coefficient (Wildman–Crippen LogP) is 4.14. The van der Waals surface area contributed by atoms with E-state index in [1.807, 2.05) is 12.1 Å². The van der Waals surface area contributed by atoms with Crippen LogP contribution in [-0.4, -0.2) is 24.8 Å². The van der Waals surface area contributed by atoms with Gasteiger partial charge in [0.05, 0.1) is 23.6 Å². The smallest absolute Gasteiger partial charge is 0.314 e. The number of ether oxygens (including phenoxy) is 2. The summed E-state index contributed by atoms with van der Waals surface area (Å²) in [5.41, 5.74) is 0.0187. The second-order valence-corrected chi connectivity index (χ2v) is 7.19. The summed E-state index contributed by atoms with van der Waals surface area (Å²) in [7, 11) is 1.59. The second kappa shape index (κ2) is 6.11. The van der Waals surface area contributed by atoms with Gasteiger partial charge in [-0.2, -0.15) is 0 Å². The summed E-state index contributed by atoms with van der Waals surface area (Å²) in [6.45, 7) is 0.693. The molecule has 0 heterocycles. The zero-order valence-electron chi connectivity index (χ0n) is 12.7. The minimum atomic E-state index is -0.787. The van der Waals surface area contributed by atoms with Gasteiger partial charge in [0.2, 0.25) is 0 Å². The molecule has 5 heteroatoms. The van der Waals surface area contributed by atoms with Crippen molar-refractivity contribution in [2.45, 2.75) is 43.9 Å². The first-order valence-corrected chi connectivity index (χ1v) is 8.60. The second-order valence-electron chi connectivity index (χ2n) is 6.34. The Kier molecular flexibility index (Phi) is 4.35. The highest BCUT2D eigenvalue weighted by atomic mass is 79.9. The maximum Gasteiger partial charge on any atom is 0.314 e. The van der Waals surface area contributed by atoms with E-state index in [0.29, 0.717) is 36.9 Å². The van der Waals surface area contributed by atoms with E-state index in [0.717, 1.165) is 22.9 Å². The molecule has 2 saturated carbocycles. The average Bonchev–Trinajstić information content (AvgIpc) is 3.18. The third-order valence-electron chi connectivity index (χ3n) is 4.81. The van der Waals surface area contributed by atoms with Crippen LogP contribution in [0.25, 0.3) is 0 Å². The molecule has 2 aliphatic carbocycles. The van der Waals surface area contributed by atoms with Gasteiger partial charge in [-0.25, -0.2) is 0 Å². The van der Waals surface area contributed by atoms with Crippen molar-refractivity contribution >= 4 is 21.9 Å². The Morgan fingerprint density at radius 1 is 1.36 bits per heavy atom. The number of benzene rings is 1. The summed E-state index contributed by atoms with van der Waals surface area (Å²) in [4.78, 5) is 11.9. The Labute approximate surface area is 138 Å². The summed E-state index contributed by atoms with van der Waals surface area (Å²) in [6.07, 6.45) is 5.71. The number of hydrogen-bond acceptors (Lipinski definition) is 3. The standard InChI is InChI=1S/C17H21BrO4/c1-21-14-9-12(17(16(19)20)6-2-3-7-17)8-13(18)15(14)22-10-11-4-5-11/h8-9,11H,2-7,10H2,1H3,(H,19,20). The van der Waals surface area contributed by atoms with Crippen molar-refractivity contribution < 1.29 is 19.4 Å². The maximum absolute atomic E-state index is 11.9. The molecule has 0 bridgehead atoms. The van der Waals surface area contributed by atoms with Gasteiger partial charge in [-0.3, -0.25) is 4.79 Å². The quantitative estimate of drug-likeness (QED) is 0.819. The van der Waals surface area contributed by atoms with Crippen LogP contribution in [0.2, 0.25) is 0 Å². The van der Waals surface area contributed by atoms with Crippen molar-refractivity contribution in [2.24, 2.45) is 5.92 Å². The molecule has 4 nitrogen and oxygen atoms in total. The highest BCUT2D eigenvalue weighted by Gasteiger charge is 2.43. The van der Waals surface area contributed by atoms with Gasteiger partial charge in [0.1, 0.15) is 0 Å². The van der Waals surface area contributed by atoms with Crippen molar-refractivity contribution in [2.75, 3.05) is 13.7 Å². The molecule has 120 valence electrons. The van der Waals surface area contributed by atoms with Crippen molar-refractivity contribution in [3.63, 3.8) is 0 Å². The van der Waals surface area contributed by atoms with E-state index in [-0.39, 0.29) is 0 Å². The van der Waals surface area contributed by atoms with Crippen LogP contribution < -0.4 is 9.47 Å². The number of halogens is 1. The molecule has 0 amide bonds. The predicted molar refractivity (Wildman–Crippen MR) is 86.7 cm³/mol. The molecule has 1 aromatic rings. The minimum Gasteiger partial charge on any atom is -0.493 e. The molecule has 0 aliphatic heterocycles. The first kappa shape index (κ1) is 15.7. The summed E-state index contributed by atoms with van der Waals surface area (Å²) < 4.78 is 12.1. The van der Waals surface area contributed by atoms with Crippen LogP contribution in [0.15, 0.2) is 16.6 Å². The summed E-state index contributed by atoms with van der Waals surface area (Å²) >= 11 is 3.53. The monoisotopic (exact) mass is 368 g/mol. The highest BCUT2D eigenvalue weighted by Crippen LogP contribution is 2.46. The Balaban J connectivity index is 1.95. The van der Waals surface area contributed by atoms with Crippen LogP contribution in [0.4, 0.5) is 0 Å². The van der Waals surface area contributed by atoms with Gasteiger partial charge in [0.15, 0.2) is 11.5 Å². The van der Waals surface area contributed by atoms with Gasteiger partial charge >= 0.3 is 5.97 Å². The molecular formula is C17H21BrO4. The summed E-state index contributed by atoms with van der Waals surface area (Å²) in [6, 6.07) is 3.73. The van der Waals surface area contributed by atoms with Crippen LogP contribution in [0, 0.1) is 5.92 Å². The van der Waals surface area contributed by atoms with Gasteiger partial charge < -0.3 is 14.6 Å². The van der Waals surface area contributed by atoms with Crippen LogP contribution >= 0.6 is 15.9 Å². The fourth-order valence-electron chi connectivity index (χ4n) is 3.23. The number of hydrogen-bond donors (Lipinski definition) is 1. The molecule has 1 aromatic carbocycles. The van der Waals surface area contributed by atoms with Gasteiger partial charge in [-0.15, -0.1) is 0 Å². The molecule has 0 saturated heterocycles. The summed E-state index contributed by atoms with van der Waals surface area (Å²) in [5, 5.41) is 9.74. The van der Waals surface area contributed by atoms with E-state index in [4.69, 9.17) is 9.47 Å². The lowest BCUT2D eigenvalue weighted by molar-refractivity contribution is -0.143. The van der Waals surface area contributed by atoms with Gasteiger partial charge in [0, 0.05) is 0 Å². The van der Waals surface area contributed by atoms with Crippen molar-refractivity contribution in [1.82, 2.24) is 0 Å². The molecular weight excluding hydrogens is 348 g/mol. The lowest BCUT2D eigenvalue weighted by Gasteiger charge is -2.26.